The van der Waals surface area contributed by atoms with Crippen LogP contribution in [0.5, 0.6) is 0 Å². The van der Waals surface area contributed by atoms with Gasteiger partial charge in [0.25, 0.3) is 0 Å². The fourth-order valence-electron chi connectivity index (χ4n) is 3.73. The van der Waals surface area contributed by atoms with Crippen LogP contribution in [0.2, 0.25) is 5.15 Å². The summed E-state index contributed by atoms with van der Waals surface area (Å²) in [5, 5.41) is 7.17. The predicted molar refractivity (Wildman–Crippen MR) is 171 cm³/mol. The number of carbonyl (C=O) groups excluding carboxylic acids is 2. The summed E-state index contributed by atoms with van der Waals surface area (Å²) in [5.74, 6) is 0. The molecule has 1 atom stereocenters. The molecule has 0 aromatic carbocycles. The van der Waals surface area contributed by atoms with Crippen molar-refractivity contribution in [3.8, 4) is 0 Å². The molecular formula is C30H44ClN3O5S2. The van der Waals surface area contributed by atoms with Gasteiger partial charge in [-0.15, -0.1) is 22.7 Å². The van der Waals surface area contributed by atoms with Gasteiger partial charge in [0, 0.05) is 17.6 Å². The maximum Gasteiger partial charge on any atom is 0.415 e. The lowest BCUT2D eigenvalue weighted by Crippen LogP contribution is -2.43. The molecule has 1 aliphatic rings. The Kier molecular flexibility index (Phi) is 13.3. The average Bonchev–Trinajstić information content (AvgIpc) is 3.52. The van der Waals surface area contributed by atoms with Crippen molar-refractivity contribution in [2.75, 3.05) is 18.1 Å². The van der Waals surface area contributed by atoms with Crippen molar-refractivity contribution < 1.29 is 23.8 Å². The number of aryl methyl sites for hydroxylation is 1. The molecule has 3 aromatic heterocycles. The van der Waals surface area contributed by atoms with Crippen molar-refractivity contribution in [2.45, 2.75) is 98.9 Å². The second-order valence-corrected chi connectivity index (χ2v) is 13.6. The third-order valence-corrected chi connectivity index (χ3v) is 7.49. The first-order valence-corrected chi connectivity index (χ1v) is 16.0. The molecule has 0 spiro atoms. The number of carbonyl (C=O) groups is 2. The van der Waals surface area contributed by atoms with Crippen LogP contribution in [0.25, 0.3) is 10.2 Å². The van der Waals surface area contributed by atoms with Crippen molar-refractivity contribution in [2.24, 2.45) is 0 Å². The monoisotopic (exact) mass is 625 g/mol. The Hall–Kier alpha value is -2.40. The minimum absolute atomic E-state index is 0.110. The zero-order chi connectivity index (χ0) is 30.8. The van der Waals surface area contributed by atoms with E-state index in [-0.39, 0.29) is 12.1 Å². The highest BCUT2D eigenvalue weighted by molar-refractivity contribution is 7.18. The van der Waals surface area contributed by atoms with E-state index in [2.05, 4.69) is 10.3 Å². The summed E-state index contributed by atoms with van der Waals surface area (Å²) in [6.07, 6.45) is 1.23. The minimum Gasteiger partial charge on any atom is -0.444 e. The number of pyridine rings is 1. The molecule has 1 aliphatic heterocycles. The van der Waals surface area contributed by atoms with E-state index in [1.807, 2.05) is 85.2 Å². The molecule has 0 bridgehead atoms. The van der Waals surface area contributed by atoms with Crippen LogP contribution in [0.4, 0.5) is 15.3 Å². The average molecular weight is 626 g/mol. The number of thiophene rings is 2. The van der Waals surface area contributed by atoms with Crippen LogP contribution in [0.3, 0.4) is 0 Å². The third kappa shape index (κ3) is 11.8. The van der Waals surface area contributed by atoms with Crippen LogP contribution in [0.15, 0.2) is 29.0 Å². The molecule has 0 radical (unpaired) electrons. The molecule has 0 unspecified atom stereocenters. The maximum atomic E-state index is 12.9. The molecule has 41 heavy (non-hydrogen) atoms. The molecule has 4 heterocycles. The van der Waals surface area contributed by atoms with E-state index in [1.54, 1.807) is 33.6 Å². The number of aromatic nitrogens is 1. The summed E-state index contributed by atoms with van der Waals surface area (Å²) in [6.45, 7) is 18.9. The van der Waals surface area contributed by atoms with E-state index in [0.29, 0.717) is 18.3 Å². The highest BCUT2D eigenvalue weighted by atomic mass is 35.5. The number of halogens is 1. The first-order chi connectivity index (χ1) is 19.2. The summed E-state index contributed by atoms with van der Waals surface area (Å²) in [4.78, 5) is 31.4. The predicted octanol–water partition coefficient (Wildman–Crippen LogP) is 8.98. The molecule has 228 valence electrons. The van der Waals surface area contributed by atoms with Gasteiger partial charge in [0.1, 0.15) is 16.4 Å². The van der Waals surface area contributed by atoms with Gasteiger partial charge in [-0.2, -0.15) is 0 Å². The number of hydrogen-bond acceptors (Lipinski definition) is 8. The molecule has 8 nitrogen and oxygen atoms in total. The fourth-order valence-corrected chi connectivity index (χ4v) is 5.62. The van der Waals surface area contributed by atoms with E-state index in [9.17, 15) is 9.59 Å². The second kappa shape index (κ2) is 15.7. The largest absolute Gasteiger partial charge is 0.444 e. The highest BCUT2D eigenvalue weighted by Gasteiger charge is 2.27. The molecule has 1 fully saturated rings. The fraction of sp³-hybridized carbons (Fsp3) is 0.567. The SMILES string of the molecule is CC.CC(C)(C)OC(=O)N[C@@H]1CCCOC1.Cc1csc2c(N(Cc3cccs3)C(=O)OC(C)(C)C)cc(Cl)nc12. The molecular weight excluding hydrogens is 582 g/mol. The number of alkyl carbamates (subject to hydrolysis) is 1. The Labute approximate surface area is 257 Å². The lowest BCUT2D eigenvalue weighted by atomic mass is 10.1. The Morgan fingerprint density at radius 2 is 1.83 bits per heavy atom. The number of ether oxygens (including phenoxy) is 3. The van der Waals surface area contributed by atoms with E-state index >= 15 is 0 Å². The third-order valence-electron chi connectivity index (χ3n) is 5.33. The van der Waals surface area contributed by atoms with Crippen LogP contribution >= 0.6 is 34.3 Å². The first kappa shape index (κ1) is 34.8. The van der Waals surface area contributed by atoms with E-state index in [1.165, 1.54) is 0 Å². The van der Waals surface area contributed by atoms with Crippen molar-refractivity contribution in [3.63, 3.8) is 0 Å². The van der Waals surface area contributed by atoms with Crippen LogP contribution < -0.4 is 10.2 Å². The Balaban J connectivity index is 0.000000312. The minimum atomic E-state index is -0.577. The molecule has 4 rings (SSSR count). The normalized spacial score (nSPS) is 15.1. The zero-order valence-electron chi connectivity index (χ0n) is 25.6. The van der Waals surface area contributed by atoms with Crippen LogP contribution in [-0.4, -0.2) is 47.6 Å². The van der Waals surface area contributed by atoms with Crippen LogP contribution in [0.1, 0.15) is 78.7 Å². The van der Waals surface area contributed by atoms with Gasteiger partial charge < -0.3 is 19.5 Å². The van der Waals surface area contributed by atoms with Gasteiger partial charge in [0.2, 0.25) is 0 Å². The number of rotatable bonds is 4. The lowest BCUT2D eigenvalue weighted by molar-refractivity contribution is 0.0347. The van der Waals surface area contributed by atoms with E-state index in [0.717, 1.165) is 45.8 Å². The van der Waals surface area contributed by atoms with E-state index < -0.39 is 17.3 Å². The smallest absolute Gasteiger partial charge is 0.415 e. The van der Waals surface area contributed by atoms with Crippen molar-refractivity contribution in [3.05, 3.63) is 44.6 Å². The maximum absolute atomic E-state index is 12.9. The quantitative estimate of drug-likeness (QED) is 0.291. The second-order valence-electron chi connectivity index (χ2n) is 11.3. The molecule has 0 aliphatic carbocycles. The summed E-state index contributed by atoms with van der Waals surface area (Å²) in [6, 6.07) is 5.81. The van der Waals surface area contributed by atoms with Gasteiger partial charge in [-0.05, 0) is 83.7 Å². The molecule has 11 heteroatoms. The number of fused-ring (bicyclic) bond motifs is 1. The lowest BCUT2D eigenvalue weighted by Gasteiger charge is -2.27. The van der Waals surface area contributed by atoms with Gasteiger partial charge in [0.15, 0.2) is 0 Å². The zero-order valence-corrected chi connectivity index (χ0v) is 28.0. The van der Waals surface area contributed by atoms with Crippen molar-refractivity contribution in [1.29, 1.82) is 0 Å². The molecule has 0 saturated carbocycles. The number of amides is 2. The Bertz CT molecular complexity index is 1240. The van der Waals surface area contributed by atoms with Gasteiger partial charge in [-0.1, -0.05) is 31.5 Å². The summed E-state index contributed by atoms with van der Waals surface area (Å²) in [5.41, 5.74) is 1.60. The number of anilines is 1. The topological polar surface area (TPSA) is 90.0 Å². The molecule has 1 saturated heterocycles. The first-order valence-electron chi connectivity index (χ1n) is 13.9. The Morgan fingerprint density at radius 3 is 2.39 bits per heavy atom. The summed E-state index contributed by atoms with van der Waals surface area (Å²) < 4.78 is 16.9. The summed E-state index contributed by atoms with van der Waals surface area (Å²) >= 11 is 9.39. The molecule has 3 aromatic rings. The molecule has 1 N–H and O–H groups in total. The van der Waals surface area contributed by atoms with Crippen molar-refractivity contribution >= 4 is 62.4 Å². The molecule has 2 amide bonds. The highest BCUT2D eigenvalue weighted by Crippen LogP contribution is 2.36. The summed E-state index contributed by atoms with van der Waals surface area (Å²) in [7, 11) is 0. The van der Waals surface area contributed by atoms with Crippen LogP contribution in [0, 0.1) is 6.92 Å². The van der Waals surface area contributed by atoms with E-state index in [4.69, 9.17) is 25.8 Å². The van der Waals surface area contributed by atoms with Gasteiger partial charge in [0.05, 0.1) is 35.1 Å². The number of nitrogens with zero attached hydrogens (tertiary/aromatic N) is 2. The van der Waals surface area contributed by atoms with Gasteiger partial charge >= 0.3 is 12.2 Å². The number of hydrogen-bond donors (Lipinski definition) is 1. The van der Waals surface area contributed by atoms with Gasteiger partial charge in [-0.3, -0.25) is 4.90 Å². The number of nitrogens with one attached hydrogen (secondary N) is 1. The van der Waals surface area contributed by atoms with Crippen molar-refractivity contribution in [1.82, 2.24) is 10.3 Å². The standard InChI is InChI=1S/C18H19ClN2O2S2.C10H19NO3.C2H6/c1-11-10-25-16-13(8-14(19)20-15(11)16)21(9-12-6-5-7-24-12)17(22)23-18(2,3)4;1-10(2,3)14-9(12)11-8-5-4-6-13-7-8;1-2/h5-8,10H,9H2,1-4H3;8H,4-7H2,1-3H3,(H,11,12);1-2H3/t;8-;/m.1./s1. The Morgan fingerprint density at radius 1 is 1.15 bits per heavy atom. The van der Waals surface area contributed by atoms with Crippen LogP contribution in [-0.2, 0) is 20.8 Å². The van der Waals surface area contributed by atoms with Gasteiger partial charge in [-0.25, -0.2) is 14.6 Å².